The molecule has 0 amide bonds. The summed E-state index contributed by atoms with van der Waals surface area (Å²) in [5, 5.41) is 10.4. The Kier molecular flexibility index (Phi) is 10.9. The standard InChI is InChI=1S/C33H43O7P/c1-8-24-14-23(9-10-33(6,7)32(36)37)13-20(3)27(24)15-25-16-28(30(17-31(25)41)39-22(5)35)29-12-19(2)11-26(40-29)18-38-21(4)34/h9-10,13-14,16-17,19,26,29H,8,11-12,15,18,41H2,1-7H3,(H,36,37)/b10-9+/t19-,26-,29+/m0/s1. The summed E-state index contributed by atoms with van der Waals surface area (Å²) in [5.41, 5.74) is 5.43. The Hall–Kier alpha value is -3.02. The number of esters is 2. The Morgan fingerprint density at radius 2 is 1.80 bits per heavy atom. The third-order valence-corrected chi connectivity index (χ3v) is 8.10. The SMILES string of the molecule is CCc1cc(/C=C/C(C)(C)C(=O)O)cc(C)c1Cc1cc([C@H]2C[C@@H](C)C[C@@H](COC(C)=O)O2)c(OC(C)=O)cc1P. The number of benzene rings is 2. The maximum Gasteiger partial charge on any atom is 0.312 e. The Balaban J connectivity index is 1.99. The molecule has 41 heavy (non-hydrogen) atoms. The molecule has 1 fully saturated rings. The predicted molar refractivity (Wildman–Crippen MR) is 164 cm³/mol. The van der Waals surface area contributed by atoms with Gasteiger partial charge in [0, 0.05) is 19.4 Å². The summed E-state index contributed by atoms with van der Waals surface area (Å²) in [6.07, 6.45) is 6.09. The largest absolute Gasteiger partial charge is 0.481 e. The van der Waals surface area contributed by atoms with Crippen LogP contribution in [0.15, 0.2) is 30.3 Å². The second kappa shape index (κ2) is 13.8. The number of carbonyl (C=O) groups excluding carboxylic acids is 2. The Bertz CT molecular complexity index is 1330. The molecule has 3 rings (SSSR count). The fraction of sp³-hybridized carbons (Fsp3) is 0.485. The number of carbonyl (C=O) groups is 3. The van der Waals surface area contributed by atoms with E-state index in [4.69, 9.17) is 14.2 Å². The zero-order chi connectivity index (χ0) is 30.5. The van der Waals surface area contributed by atoms with Crippen molar-refractivity contribution in [1.82, 2.24) is 0 Å². The first kappa shape index (κ1) is 32.5. The minimum Gasteiger partial charge on any atom is -0.481 e. The number of carboxylic acids is 1. The molecule has 1 aliphatic heterocycles. The molecular formula is C33H43O7P. The second-order valence-electron chi connectivity index (χ2n) is 11.7. The fourth-order valence-electron chi connectivity index (χ4n) is 5.23. The van der Waals surface area contributed by atoms with Crippen molar-refractivity contribution in [3.05, 3.63) is 63.7 Å². The number of ether oxygens (including phenoxy) is 3. The maximum atomic E-state index is 12.0. The van der Waals surface area contributed by atoms with Crippen molar-refractivity contribution in [2.45, 2.75) is 86.4 Å². The van der Waals surface area contributed by atoms with Gasteiger partial charge < -0.3 is 19.3 Å². The smallest absolute Gasteiger partial charge is 0.312 e. The van der Waals surface area contributed by atoms with E-state index in [0.29, 0.717) is 18.1 Å². The van der Waals surface area contributed by atoms with Crippen LogP contribution in [0.25, 0.3) is 6.08 Å². The maximum absolute atomic E-state index is 12.0. The molecule has 0 saturated carbocycles. The highest BCUT2D eigenvalue weighted by molar-refractivity contribution is 7.27. The van der Waals surface area contributed by atoms with Gasteiger partial charge in [-0.1, -0.05) is 38.1 Å². The van der Waals surface area contributed by atoms with E-state index >= 15 is 0 Å². The van der Waals surface area contributed by atoms with Crippen molar-refractivity contribution in [2.24, 2.45) is 11.3 Å². The van der Waals surface area contributed by atoms with Crippen LogP contribution in [0.3, 0.4) is 0 Å². The van der Waals surface area contributed by atoms with Crippen molar-refractivity contribution in [3.63, 3.8) is 0 Å². The van der Waals surface area contributed by atoms with Crippen molar-refractivity contribution in [3.8, 4) is 5.75 Å². The van der Waals surface area contributed by atoms with Gasteiger partial charge in [-0.2, -0.15) is 0 Å². The molecule has 8 heteroatoms. The number of carboxylic acid groups (broad SMARTS) is 1. The average Bonchev–Trinajstić information content (AvgIpc) is 2.88. The summed E-state index contributed by atoms with van der Waals surface area (Å²) in [7, 11) is 2.77. The molecule has 1 saturated heterocycles. The lowest BCUT2D eigenvalue weighted by molar-refractivity contribution is -0.152. The zero-order valence-corrected chi connectivity index (χ0v) is 26.4. The first-order chi connectivity index (χ1) is 19.2. The van der Waals surface area contributed by atoms with E-state index in [2.05, 4.69) is 48.2 Å². The molecule has 0 radical (unpaired) electrons. The fourth-order valence-corrected chi connectivity index (χ4v) is 5.57. The molecule has 0 aliphatic carbocycles. The summed E-state index contributed by atoms with van der Waals surface area (Å²) in [6.45, 7) is 12.7. The molecular weight excluding hydrogens is 539 g/mol. The van der Waals surface area contributed by atoms with Gasteiger partial charge in [-0.15, -0.1) is 9.24 Å². The average molecular weight is 583 g/mol. The van der Waals surface area contributed by atoms with E-state index < -0.39 is 17.4 Å². The number of hydrogen-bond acceptors (Lipinski definition) is 6. The van der Waals surface area contributed by atoms with Crippen molar-refractivity contribution in [1.29, 1.82) is 0 Å². The summed E-state index contributed by atoms with van der Waals surface area (Å²) >= 11 is 0. The van der Waals surface area contributed by atoms with E-state index in [1.165, 1.54) is 25.0 Å². The quantitative estimate of drug-likeness (QED) is 0.205. The molecule has 2 aromatic carbocycles. The molecule has 0 bridgehead atoms. The first-order valence-corrected chi connectivity index (χ1v) is 14.7. The van der Waals surface area contributed by atoms with Crippen LogP contribution in [-0.4, -0.2) is 35.7 Å². The topological polar surface area (TPSA) is 99.1 Å². The van der Waals surface area contributed by atoms with Crippen LogP contribution < -0.4 is 10.0 Å². The monoisotopic (exact) mass is 582 g/mol. The first-order valence-electron chi connectivity index (χ1n) is 14.1. The molecule has 0 aromatic heterocycles. The summed E-state index contributed by atoms with van der Waals surface area (Å²) in [6, 6.07) is 8.17. The molecule has 7 nitrogen and oxygen atoms in total. The highest BCUT2D eigenvalue weighted by atomic mass is 31.0. The minimum atomic E-state index is -0.955. The molecule has 1 heterocycles. The van der Waals surface area contributed by atoms with Gasteiger partial charge in [-0.05, 0) is 97.6 Å². The lowest BCUT2D eigenvalue weighted by atomic mass is 9.87. The number of hydrogen-bond donors (Lipinski definition) is 1. The van der Waals surface area contributed by atoms with Gasteiger partial charge in [0.1, 0.15) is 12.4 Å². The van der Waals surface area contributed by atoms with Gasteiger partial charge in [-0.25, -0.2) is 0 Å². The molecule has 1 N–H and O–H groups in total. The molecule has 0 spiro atoms. The van der Waals surface area contributed by atoms with E-state index in [1.807, 2.05) is 12.1 Å². The van der Waals surface area contributed by atoms with Crippen LogP contribution in [-0.2, 0) is 36.7 Å². The molecule has 2 aromatic rings. The van der Waals surface area contributed by atoms with Gasteiger partial charge in [0.25, 0.3) is 0 Å². The Morgan fingerprint density at radius 1 is 1.10 bits per heavy atom. The van der Waals surface area contributed by atoms with E-state index in [0.717, 1.165) is 46.8 Å². The Morgan fingerprint density at radius 3 is 2.41 bits per heavy atom. The number of aliphatic carboxylic acids is 1. The molecule has 4 atom stereocenters. The third-order valence-electron chi connectivity index (χ3n) is 7.56. The van der Waals surface area contributed by atoms with E-state index in [1.54, 1.807) is 19.9 Å². The summed E-state index contributed by atoms with van der Waals surface area (Å²) < 4.78 is 17.3. The van der Waals surface area contributed by atoms with Gasteiger partial charge in [0.2, 0.25) is 0 Å². The van der Waals surface area contributed by atoms with Crippen LogP contribution in [0.2, 0.25) is 0 Å². The zero-order valence-electron chi connectivity index (χ0n) is 25.2. The predicted octanol–water partition coefficient (Wildman–Crippen LogP) is 6.12. The highest BCUT2D eigenvalue weighted by Gasteiger charge is 2.31. The molecule has 1 aliphatic rings. The minimum absolute atomic E-state index is 0.192. The normalized spacial score (nSPS) is 19.3. The lowest BCUT2D eigenvalue weighted by Gasteiger charge is -2.34. The lowest BCUT2D eigenvalue weighted by Crippen LogP contribution is -2.32. The van der Waals surface area contributed by atoms with Gasteiger partial charge in [0.05, 0.1) is 17.6 Å². The number of rotatable bonds is 10. The van der Waals surface area contributed by atoms with Gasteiger partial charge in [-0.3, -0.25) is 14.4 Å². The van der Waals surface area contributed by atoms with Crippen molar-refractivity contribution in [2.75, 3.05) is 6.61 Å². The van der Waals surface area contributed by atoms with Crippen molar-refractivity contribution < 1.29 is 33.7 Å². The highest BCUT2D eigenvalue weighted by Crippen LogP contribution is 2.40. The van der Waals surface area contributed by atoms with Crippen LogP contribution in [0, 0.1) is 18.3 Å². The van der Waals surface area contributed by atoms with Gasteiger partial charge >= 0.3 is 17.9 Å². The molecule has 222 valence electrons. The summed E-state index contributed by atoms with van der Waals surface area (Å²) in [4.78, 5) is 34.9. The summed E-state index contributed by atoms with van der Waals surface area (Å²) in [5.74, 6) is -0.798. The second-order valence-corrected chi connectivity index (χ2v) is 12.3. The van der Waals surface area contributed by atoms with Gasteiger partial charge in [0.15, 0.2) is 0 Å². The van der Waals surface area contributed by atoms with Crippen LogP contribution in [0.5, 0.6) is 5.75 Å². The van der Waals surface area contributed by atoms with Crippen molar-refractivity contribution >= 4 is 38.5 Å². The third kappa shape index (κ3) is 8.73. The van der Waals surface area contributed by atoms with Crippen LogP contribution in [0.1, 0.15) is 93.9 Å². The van der Waals surface area contributed by atoms with E-state index in [-0.39, 0.29) is 24.8 Å². The van der Waals surface area contributed by atoms with E-state index in [9.17, 15) is 19.5 Å². The van der Waals surface area contributed by atoms with Crippen LogP contribution >= 0.6 is 9.24 Å². The Labute approximate surface area is 245 Å². The number of aryl methyl sites for hydroxylation is 2. The van der Waals surface area contributed by atoms with Crippen LogP contribution in [0.4, 0.5) is 0 Å². The molecule has 1 unspecified atom stereocenters.